The molecule has 0 aromatic heterocycles. The Bertz CT molecular complexity index is 1210. The summed E-state index contributed by atoms with van der Waals surface area (Å²) in [4.78, 5) is 24.6. The standard InChI is InChI=1S/C24H20N2O7/c1-29-19-9-6-17(12-21(19)30-2)24(28)33-18-7-3-15(4-8-18)13-25-26-23(27)16-5-10-20-22(11-16)32-14-31-20/h3-13H,14H2,1-2H3,(H,26,27)/b25-13-. The molecule has 0 spiro atoms. The fourth-order valence-electron chi connectivity index (χ4n) is 3.02. The van der Waals surface area contributed by atoms with Gasteiger partial charge in [0.15, 0.2) is 23.0 Å². The molecule has 1 heterocycles. The summed E-state index contributed by atoms with van der Waals surface area (Å²) in [5.74, 6) is 1.51. The number of amides is 1. The summed E-state index contributed by atoms with van der Waals surface area (Å²) >= 11 is 0. The van der Waals surface area contributed by atoms with Crippen LogP contribution in [0.25, 0.3) is 0 Å². The third kappa shape index (κ3) is 5.04. The Morgan fingerprint density at radius 1 is 0.879 bits per heavy atom. The molecular weight excluding hydrogens is 428 g/mol. The average Bonchev–Trinajstić information content (AvgIpc) is 3.32. The molecule has 1 aliphatic rings. The molecule has 1 amide bonds. The Morgan fingerprint density at radius 3 is 2.36 bits per heavy atom. The predicted molar refractivity (Wildman–Crippen MR) is 119 cm³/mol. The molecule has 9 heteroatoms. The summed E-state index contributed by atoms with van der Waals surface area (Å²) in [5.41, 5.74) is 3.88. The van der Waals surface area contributed by atoms with Gasteiger partial charge in [0, 0.05) is 5.56 Å². The van der Waals surface area contributed by atoms with E-state index < -0.39 is 5.97 Å². The van der Waals surface area contributed by atoms with Gasteiger partial charge in [-0.1, -0.05) is 0 Å². The second-order valence-corrected chi connectivity index (χ2v) is 6.80. The van der Waals surface area contributed by atoms with E-state index in [1.165, 1.54) is 20.4 Å². The molecule has 0 fully saturated rings. The fraction of sp³-hybridized carbons (Fsp3) is 0.125. The quantitative estimate of drug-likeness (QED) is 0.256. The van der Waals surface area contributed by atoms with Crippen LogP contribution >= 0.6 is 0 Å². The van der Waals surface area contributed by atoms with Crippen LogP contribution in [-0.4, -0.2) is 39.1 Å². The van der Waals surface area contributed by atoms with E-state index in [1.807, 2.05) is 0 Å². The molecule has 0 bridgehead atoms. The third-order valence-corrected chi connectivity index (χ3v) is 4.72. The largest absolute Gasteiger partial charge is 0.493 e. The Morgan fingerprint density at radius 2 is 1.61 bits per heavy atom. The Hall–Kier alpha value is -4.53. The molecule has 0 radical (unpaired) electrons. The number of carbonyl (C=O) groups excluding carboxylic acids is 2. The first kappa shape index (κ1) is 21.7. The Labute approximate surface area is 189 Å². The Kier molecular flexibility index (Phi) is 6.40. The van der Waals surface area contributed by atoms with Crippen LogP contribution < -0.4 is 29.1 Å². The van der Waals surface area contributed by atoms with Gasteiger partial charge >= 0.3 is 5.97 Å². The minimum atomic E-state index is -0.534. The van der Waals surface area contributed by atoms with Gasteiger partial charge in [-0.2, -0.15) is 5.10 Å². The van der Waals surface area contributed by atoms with Gasteiger partial charge in [0.25, 0.3) is 5.91 Å². The van der Waals surface area contributed by atoms with Gasteiger partial charge in [0.1, 0.15) is 5.75 Å². The van der Waals surface area contributed by atoms with Gasteiger partial charge < -0.3 is 23.7 Å². The third-order valence-electron chi connectivity index (χ3n) is 4.72. The number of nitrogens with one attached hydrogen (secondary N) is 1. The van der Waals surface area contributed by atoms with Crippen LogP contribution in [-0.2, 0) is 0 Å². The van der Waals surface area contributed by atoms with Crippen molar-refractivity contribution >= 4 is 18.1 Å². The van der Waals surface area contributed by atoms with Gasteiger partial charge in [-0.05, 0) is 66.2 Å². The van der Waals surface area contributed by atoms with Crippen LogP contribution in [0.4, 0.5) is 0 Å². The average molecular weight is 448 g/mol. The van der Waals surface area contributed by atoms with Crippen molar-refractivity contribution in [2.75, 3.05) is 21.0 Å². The lowest BCUT2D eigenvalue weighted by Gasteiger charge is -2.09. The molecule has 3 aromatic carbocycles. The van der Waals surface area contributed by atoms with Crippen LogP contribution in [0.15, 0.2) is 65.8 Å². The van der Waals surface area contributed by atoms with Crippen LogP contribution in [0.3, 0.4) is 0 Å². The van der Waals surface area contributed by atoms with E-state index in [0.717, 1.165) is 0 Å². The highest BCUT2D eigenvalue weighted by Crippen LogP contribution is 2.32. The van der Waals surface area contributed by atoms with Crippen molar-refractivity contribution in [1.29, 1.82) is 0 Å². The molecule has 0 unspecified atom stereocenters. The van der Waals surface area contributed by atoms with E-state index in [-0.39, 0.29) is 12.7 Å². The number of rotatable bonds is 7. The van der Waals surface area contributed by atoms with E-state index in [9.17, 15) is 9.59 Å². The number of hydrazone groups is 1. The summed E-state index contributed by atoms with van der Waals surface area (Å²) in [6.07, 6.45) is 1.48. The van der Waals surface area contributed by atoms with Gasteiger partial charge in [-0.3, -0.25) is 4.79 Å². The normalized spacial score (nSPS) is 11.8. The molecule has 0 aliphatic carbocycles. The van der Waals surface area contributed by atoms with E-state index in [4.69, 9.17) is 23.7 Å². The summed E-state index contributed by atoms with van der Waals surface area (Å²) < 4.78 is 26.3. The van der Waals surface area contributed by atoms with E-state index in [1.54, 1.807) is 60.7 Å². The number of ether oxygens (including phenoxy) is 5. The van der Waals surface area contributed by atoms with Gasteiger partial charge in [0.05, 0.1) is 26.0 Å². The lowest BCUT2D eigenvalue weighted by Crippen LogP contribution is -2.17. The van der Waals surface area contributed by atoms with Crippen molar-refractivity contribution in [3.05, 3.63) is 77.4 Å². The van der Waals surface area contributed by atoms with E-state index in [2.05, 4.69) is 10.5 Å². The van der Waals surface area contributed by atoms with Crippen molar-refractivity contribution in [1.82, 2.24) is 5.43 Å². The van der Waals surface area contributed by atoms with Crippen LogP contribution in [0.2, 0.25) is 0 Å². The fourth-order valence-corrected chi connectivity index (χ4v) is 3.02. The van der Waals surface area contributed by atoms with E-state index >= 15 is 0 Å². The van der Waals surface area contributed by atoms with Crippen molar-refractivity contribution in [3.8, 4) is 28.7 Å². The second-order valence-electron chi connectivity index (χ2n) is 6.80. The summed E-state index contributed by atoms with van der Waals surface area (Å²) in [7, 11) is 3.01. The first-order valence-electron chi connectivity index (χ1n) is 9.84. The maximum Gasteiger partial charge on any atom is 0.343 e. The molecule has 4 rings (SSSR count). The number of benzene rings is 3. The van der Waals surface area contributed by atoms with Gasteiger partial charge in [-0.25, -0.2) is 10.2 Å². The molecular formula is C24H20N2O7. The molecule has 3 aromatic rings. The zero-order valence-electron chi connectivity index (χ0n) is 17.9. The first-order valence-corrected chi connectivity index (χ1v) is 9.84. The van der Waals surface area contributed by atoms with Crippen molar-refractivity contribution < 1.29 is 33.3 Å². The number of hydrogen-bond acceptors (Lipinski definition) is 8. The minimum absolute atomic E-state index is 0.137. The highest BCUT2D eigenvalue weighted by Gasteiger charge is 2.16. The minimum Gasteiger partial charge on any atom is -0.493 e. The smallest absolute Gasteiger partial charge is 0.343 e. The summed E-state index contributed by atoms with van der Waals surface area (Å²) in [6.45, 7) is 0.137. The second kappa shape index (κ2) is 9.73. The van der Waals surface area contributed by atoms with Crippen LogP contribution in [0.5, 0.6) is 28.7 Å². The zero-order chi connectivity index (χ0) is 23.2. The highest BCUT2D eigenvalue weighted by molar-refractivity contribution is 5.95. The van der Waals surface area contributed by atoms with Crippen LogP contribution in [0.1, 0.15) is 26.3 Å². The Balaban J connectivity index is 1.34. The molecule has 9 nitrogen and oxygen atoms in total. The van der Waals surface area contributed by atoms with Crippen LogP contribution in [0, 0.1) is 0 Å². The zero-order valence-corrected chi connectivity index (χ0v) is 17.9. The number of hydrogen-bond donors (Lipinski definition) is 1. The van der Waals surface area contributed by atoms with Gasteiger partial charge in [0.2, 0.25) is 6.79 Å². The molecule has 168 valence electrons. The molecule has 1 aliphatic heterocycles. The van der Waals surface area contributed by atoms with Crippen molar-refractivity contribution in [2.24, 2.45) is 5.10 Å². The predicted octanol–water partition coefficient (Wildman–Crippen LogP) is 3.42. The lowest BCUT2D eigenvalue weighted by atomic mass is 10.2. The molecule has 33 heavy (non-hydrogen) atoms. The maximum absolute atomic E-state index is 12.4. The summed E-state index contributed by atoms with van der Waals surface area (Å²) in [6, 6.07) is 16.3. The van der Waals surface area contributed by atoms with Crippen molar-refractivity contribution in [3.63, 3.8) is 0 Å². The molecule has 0 saturated heterocycles. The number of nitrogens with zero attached hydrogens (tertiary/aromatic N) is 1. The topological polar surface area (TPSA) is 105 Å². The first-order chi connectivity index (χ1) is 16.1. The highest BCUT2D eigenvalue weighted by atomic mass is 16.7. The monoisotopic (exact) mass is 448 g/mol. The maximum atomic E-state index is 12.4. The SMILES string of the molecule is COc1ccc(C(=O)Oc2ccc(/C=N\NC(=O)c3ccc4c(c3)OCO4)cc2)cc1OC. The molecule has 0 saturated carbocycles. The van der Waals surface area contributed by atoms with E-state index in [0.29, 0.717) is 45.4 Å². The number of methoxy groups -OCH3 is 2. The van der Waals surface area contributed by atoms with Crippen molar-refractivity contribution in [2.45, 2.75) is 0 Å². The molecule has 0 atom stereocenters. The summed E-state index contributed by atoms with van der Waals surface area (Å²) in [5, 5.41) is 3.95. The number of fused-ring (bicyclic) bond motifs is 1. The van der Waals surface area contributed by atoms with Gasteiger partial charge in [-0.15, -0.1) is 0 Å². The number of esters is 1. The number of carbonyl (C=O) groups is 2. The molecule has 1 N–H and O–H groups in total. The lowest BCUT2D eigenvalue weighted by molar-refractivity contribution is 0.0734.